The number of carbonyl (C=O) groups excluding carboxylic acids is 3. The first-order valence-electron chi connectivity index (χ1n) is 6.82. The van der Waals surface area contributed by atoms with Crippen molar-refractivity contribution in [1.82, 2.24) is 5.32 Å². The molecule has 0 unspecified atom stereocenters. The lowest BCUT2D eigenvalue weighted by molar-refractivity contribution is -0.122. The normalized spacial score (nSPS) is 16.6. The molecule has 114 valence electrons. The average molecular weight is 308 g/mol. The Labute approximate surface area is 131 Å². The smallest absolute Gasteiger partial charge is 0.335 e. The summed E-state index contributed by atoms with van der Waals surface area (Å²) < 4.78 is 0. The van der Waals surface area contributed by atoms with E-state index in [0.717, 1.165) is 4.90 Å². The van der Waals surface area contributed by atoms with Crippen LogP contribution < -0.4 is 10.2 Å². The molecule has 6 heteroatoms. The fourth-order valence-electron chi connectivity index (χ4n) is 2.21. The lowest BCUT2D eigenvalue weighted by Gasteiger charge is -2.26. The molecule has 0 spiro atoms. The van der Waals surface area contributed by atoms with Gasteiger partial charge < -0.3 is 5.11 Å². The summed E-state index contributed by atoms with van der Waals surface area (Å²) in [5.41, 5.74) is 0.798. The van der Waals surface area contributed by atoms with Crippen molar-refractivity contribution >= 4 is 29.6 Å². The zero-order chi connectivity index (χ0) is 16.4. The number of phenols is 1. The van der Waals surface area contributed by atoms with Gasteiger partial charge in [0.2, 0.25) is 0 Å². The first kappa shape index (κ1) is 14.5. The second-order valence-corrected chi connectivity index (χ2v) is 4.88. The van der Waals surface area contributed by atoms with Crippen molar-refractivity contribution in [3.63, 3.8) is 0 Å². The summed E-state index contributed by atoms with van der Waals surface area (Å²) >= 11 is 0. The fraction of sp³-hybridized carbons (Fsp3) is 0. The Balaban J connectivity index is 2.01. The topological polar surface area (TPSA) is 86.7 Å². The number of amides is 4. The van der Waals surface area contributed by atoms with Crippen molar-refractivity contribution < 1.29 is 19.5 Å². The van der Waals surface area contributed by atoms with Crippen molar-refractivity contribution in [3.05, 3.63) is 65.7 Å². The molecular weight excluding hydrogens is 296 g/mol. The van der Waals surface area contributed by atoms with E-state index in [1.54, 1.807) is 24.3 Å². The maximum atomic E-state index is 12.5. The Morgan fingerprint density at radius 3 is 2.22 bits per heavy atom. The number of phenolic OH excluding ortho intramolecular Hbond substituents is 1. The quantitative estimate of drug-likeness (QED) is 0.657. The molecule has 0 atom stereocenters. The summed E-state index contributed by atoms with van der Waals surface area (Å²) in [7, 11) is 0. The summed E-state index contributed by atoms with van der Waals surface area (Å²) in [6, 6.07) is 13.6. The minimum Gasteiger partial charge on any atom is -0.508 e. The van der Waals surface area contributed by atoms with Gasteiger partial charge in [-0.15, -0.1) is 0 Å². The highest BCUT2D eigenvalue weighted by molar-refractivity contribution is 6.39. The number of hydrogen-bond donors (Lipinski definition) is 2. The average Bonchev–Trinajstić information content (AvgIpc) is 2.54. The van der Waals surface area contributed by atoms with Gasteiger partial charge in [-0.05, 0) is 35.9 Å². The van der Waals surface area contributed by atoms with Crippen LogP contribution in [0.4, 0.5) is 10.5 Å². The van der Waals surface area contributed by atoms with Gasteiger partial charge in [-0.2, -0.15) is 0 Å². The number of imide groups is 2. The van der Waals surface area contributed by atoms with E-state index in [1.165, 1.54) is 30.3 Å². The van der Waals surface area contributed by atoms with E-state index in [9.17, 15) is 19.5 Å². The molecule has 0 radical (unpaired) electrons. The first-order valence-corrected chi connectivity index (χ1v) is 6.82. The summed E-state index contributed by atoms with van der Waals surface area (Å²) in [5.74, 6) is -1.44. The van der Waals surface area contributed by atoms with E-state index >= 15 is 0 Å². The van der Waals surface area contributed by atoms with E-state index in [1.807, 2.05) is 6.07 Å². The third-order valence-electron chi connectivity index (χ3n) is 3.32. The number of barbiturate groups is 1. The number of nitrogens with zero attached hydrogens (tertiary/aromatic N) is 1. The molecule has 0 bridgehead atoms. The van der Waals surface area contributed by atoms with Crippen LogP contribution in [-0.4, -0.2) is 23.0 Å². The number of carbonyl (C=O) groups is 3. The van der Waals surface area contributed by atoms with Crippen LogP contribution in [0, 0.1) is 0 Å². The first-order chi connectivity index (χ1) is 11.1. The van der Waals surface area contributed by atoms with Gasteiger partial charge in [0.1, 0.15) is 11.3 Å². The predicted octanol–water partition coefficient (Wildman–Crippen LogP) is 2.06. The summed E-state index contributed by atoms with van der Waals surface area (Å²) in [6.07, 6.45) is 1.43. The Bertz CT molecular complexity index is 810. The van der Waals surface area contributed by atoms with Crippen molar-refractivity contribution in [2.75, 3.05) is 4.90 Å². The van der Waals surface area contributed by atoms with Gasteiger partial charge in [-0.25, -0.2) is 9.69 Å². The van der Waals surface area contributed by atoms with Gasteiger partial charge in [0.05, 0.1) is 5.69 Å². The number of aromatic hydroxyl groups is 1. The van der Waals surface area contributed by atoms with Crippen LogP contribution in [0.25, 0.3) is 6.08 Å². The van der Waals surface area contributed by atoms with E-state index in [4.69, 9.17) is 0 Å². The third kappa shape index (κ3) is 2.82. The van der Waals surface area contributed by atoms with Crippen molar-refractivity contribution in [2.24, 2.45) is 0 Å². The van der Waals surface area contributed by atoms with Gasteiger partial charge in [-0.3, -0.25) is 14.9 Å². The SMILES string of the molecule is O=C1NC(=O)N(c2ccc(O)cc2)C(=O)C1=Cc1ccccc1. The van der Waals surface area contributed by atoms with Crippen molar-refractivity contribution in [3.8, 4) is 5.75 Å². The van der Waals surface area contributed by atoms with Crippen LogP contribution in [-0.2, 0) is 9.59 Å². The summed E-state index contributed by atoms with van der Waals surface area (Å²) in [5, 5.41) is 11.4. The number of rotatable bonds is 2. The summed E-state index contributed by atoms with van der Waals surface area (Å²) in [6.45, 7) is 0. The van der Waals surface area contributed by atoms with E-state index < -0.39 is 17.8 Å². The largest absolute Gasteiger partial charge is 0.508 e. The van der Waals surface area contributed by atoms with E-state index in [2.05, 4.69) is 5.32 Å². The Hall–Kier alpha value is -3.41. The van der Waals surface area contributed by atoms with E-state index in [0.29, 0.717) is 5.56 Å². The Morgan fingerprint density at radius 1 is 0.913 bits per heavy atom. The molecule has 1 heterocycles. The second-order valence-electron chi connectivity index (χ2n) is 4.88. The zero-order valence-electron chi connectivity index (χ0n) is 11.9. The molecule has 23 heavy (non-hydrogen) atoms. The van der Waals surface area contributed by atoms with Crippen LogP contribution in [0.2, 0.25) is 0 Å². The Kier molecular flexibility index (Phi) is 3.64. The predicted molar refractivity (Wildman–Crippen MR) is 83.6 cm³/mol. The molecule has 3 rings (SSSR count). The van der Waals surface area contributed by atoms with Crippen molar-refractivity contribution in [2.45, 2.75) is 0 Å². The Morgan fingerprint density at radius 2 is 1.57 bits per heavy atom. The van der Waals surface area contributed by atoms with Crippen LogP contribution >= 0.6 is 0 Å². The number of urea groups is 1. The molecule has 0 aliphatic carbocycles. The molecule has 2 N–H and O–H groups in total. The minimum absolute atomic E-state index is 0.00902. The number of hydrogen-bond acceptors (Lipinski definition) is 4. The third-order valence-corrected chi connectivity index (χ3v) is 3.32. The molecule has 0 aromatic heterocycles. The molecule has 2 aromatic carbocycles. The monoisotopic (exact) mass is 308 g/mol. The van der Waals surface area contributed by atoms with Gasteiger partial charge >= 0.3 is 6.03 Å². The highest BCUT2D eigenvalue weighted by Gasteiger charge is 2.36. The molecule has 0 saturated carbocycles. The lowest BCUT2D eigenvalue weighted by Crippen LogP contribution is -2.54. The van der Waals surface area contributed by atoms with Crippen LogP contribution in [0.1, 0.15) is 5.56 Å². The molecular formula is C17H12N2O4. The molecule has 1 fully saturated rings. The lowest BCUT2D eigenvalue weighted by atomic mass is 10.1. The second kappa shape index (κ2) is 5.76. The van der Waals surface area contributed by atoms with E-state index in [-0.39, 0.29) is 17.0 Å². The molecule has 1 aliphatic heterocycles. The molecule has 1 saturated heterocycles. The van der Waals surface area contributed by atoms with Gasteiger partial charge in [0.25, 0.3) is 11.8 Å². The zero-order valence-corrected chi connectivity index (χ0v) is 11.9. The van der Waals surface area contributed by atoms with Gasteiger partial charge in [0, 0.05) is 0 Å². The number of nitrogens with one attached hydrogen (secondary N) is 1. The maximum absolute atomic E-state index is 12.5. The molecule has 4 amide bonds. The van der Waals surface area contributed by atoms with Crippen LogP contribution in [0.3, 0.4) is 0 Å². The summed E-state index contributed by atoms with van der Waals surface area (Å²) in [4.78, 5) is 37.4. The highest BCUT2D eigenvalue weighted by Crippen LogP contribution is 2.23. The van der Waals surface area contributed by atoms with Crippen LogP contribution in [0.5, 0.6) is 5.75 Å². The number of anilines is 1. The fourth-order valence-corrected chi connectivity index (χ4v) is 2.21. The standard InChI is InChI=1S/C17H12N2O4/c20-13-8-6-12(7-9-13)19-16(22)14(15(21)18-17(19)23)10-11-4-2-1-3-5-11/h1-10,20H,(H,18,21,23). The number of benzene rings is 2. The van der Waals surface area contributed by atoms with Gasteiger partial charge in [-0.1, -0.05) is 30.3 Å². The molecule has 6 nitrogen and oxygen atoms in total. The molecule has 1 aliphatic rings. The highest BCUT2D eigenvalue weighted by atomic mass is 16.3. The minimum atomic E-state index is -0.823. The molecule has 2 aromatic rings. The maximum Gasteiger partial charge on any atom is 0.335 e. The van der Waals surface area contributed by atoms with Gasteiger partial charge in [0.15, 0.2) is 0 Å². The van der Waals surface area contributed by atoms with Crippen molar-refractivity contribution in [1.29, 1.82) is 0 Å². The van der Waals surface area contributed by atoms with Crippen LogP contribution in [0.15, 0.2) is 60.2 Å².